The summed E-state index contributed by atoms with van der Waals surface area (Å²) >= 11 is 0. The van der Waals surface area contributed by atoms with E-state index in [2.05, 4.69) is 11.3 Å². The van der Waals surface area contributed by atoms with Crippen LogP contribution in [0.4, 0.5) is 0 Å². The molecule has 1 aliphatic heterocycles. The van der Waals surface area contributed by atoms with Crippen LogP contribution in [0.1, 0.15) is 26.2 Å². The van der Waals surface area contributed by atoms with Crippen molar-refractivity contribution in [1.29, 1.82) is 0 Å². The van der Waals surface area contributed by atoms with E-state index in [1.54, 1.807) is 6.92 Å². The van der Waals surface area contributed by atoms with E-state index in [-0.39, 0.29) is 0 Å². The lowest BCUT2D eigenvalue weighted by Gasteiger charge is -2.25. The summed E-state index contributed by atoms with van der Waals surface area (Å²) in [5.74, 6) is 0. The van der Waals surface area contributed by atoms with E-state index in [0.29, 0.717) is 19.6 Å². The Balaban J connectivity index is 2.50. The monoisotopic (exact) mass is 218 g/mol. The van der Waals surface area contributed by atoms with Gasteiger partial charge >= 0.3 is 0 Å². The van der Waals surface area contributed by atoms with Gasteiger partial charge in [0.1, 0.15) is 0 Å². The molecular formula is C9H18N2O2S. The maximum absolute atomic E-state index is 11.7. The number of hydrogen-bond acceptors (Lipinski definition) is 2. The van der Waals surface area contributed by atoms with Gasteiger partial charge in [-0.15, -0.1) is 0 Å². The lowest BCUT2D eigenvalue weighted by molar-refractivity contribution is 0.342. The van der Waals surface area contributed by atoms with Crippen molar-refractivity contribution in [3.05, 3.63) is 12.2 Å². The Kier molecular flexibility index (Phi) is 4.10. The van der Waals surface area contributed by atoms with Gasteiger partial charge in [-0.2, -0.15) is 17.4 Å². The molecular weight excluding hydrogens is 200 g/mol. The standard InChI is InChI=1S/C9H18N2O2S/c1-9(2)8-10-14(12,13)11-6-4-3-5-7-11/h10H,1,3-8H2,2H3. The highest BCUT2D eigenvalue weighted by Crippen LogP contribution is 2.11. The lowest BCUT2D eigenvalue weighted by Crippen LogP contribution is -2.43. The third-order valence-corrected chi connectivity index (χ3v) is 3.77. The van der Waals surface area contributed by atoms with Crippen LogP contribution in [0.2, 0.25) is 0 Å². The number of hydrogen-bond donors (Lipinski definition) is 1. The molecule has 5 heteroatoms. The molecule has 0 amide bonds. The summed E-state index contributed by atoms with van der Waals surface area (Å²) in [4.78, 5) is 0. The third kappa shape index (κ3) is 3.40. The van der Waals surface area contributed by atoms with E-state index in [1.165, 1.54) is 4.31 Å². The van der Waals surface area contributed by atoms with E-state index in [0.717, 1.165) is 24.8 Å². The van der Waals surface area contributed by atoms with Crippen molar-refractivity contribution in [1.82, 2.24) is 9.03 Å². The molecule has 82 valence electrons. The van der Waals surface area contributed by atoms with E-state index >= 15 is 0 Å². The average molecular weight is 218 g/mol. The first-order valence-electron chi connectivity index (χ1n) is 4.91. The molecule has 0 unspecified atom stereocenters. The highest BCUT2D eigenvalue weighted by atomic mass is 32.2. The first-order valence-corrected chi connectivity index (χ1v) is 6.35. The minimum absolute atomic E-state index is 0.332. The van der Waals surface area contributed by atoms with Gasteiger partial charge in [-0.25, -0.2) is 0 Å². The fourth-order valence-electron chi connectivity index (χ4n) is 1.41. The number of nitrogens with zero attached hydrogens (tertiary/aromatic N) is 1. The van der Waals surface area contributed by atoms with Crippen LogP contribution in [0, 0.1) is 0 Å². The molecule has 1 aliphatic rings. The van der Waals surface area contributed by atoms with Crippen molar-refractivity contribution in [3.63, 3.8) is 0 Å². The lowest BCUT2D eigenvalue weighted by atomic mass is 10.2. The molecule has 0 aliphatic carbocycles. The zero-order chi connectivity index (χ0) is 10.6. The van der Waals surface area contributed by atoms with Gasteiger partial charge < -0.3 is 0 Å². The average Bonchev–Trinajstić information content (AvgIpc) is 2.16. The van der Waals surface area contributed by atoms with Gasteiger partial charge in [0.05, 0.1) is 0 Å². The zero-order valence-electron chi connectivity index (χ0n) is 8.62. The highest BCUT2D eigenvalue weighted by molar-refractivity contribution is 7.87. The second-order valence-corrected chi connectivity index (χ2v) is 5.50. The van der Waals surface area contributed by atoms with Crippen LogP contribution in [0.25, 0.3) is 0 Å². The zero-order valence-corrected chi connectivity index (χ0v) is 9.44. The van der Waals surface area contributed by atoms with Crippen molar-refractivity contribution in [3.8, 4) is 0 Å². The molecule has 0 aromatic carbocycles. The predicted molar refractivity (Wildman–Crippen MR) is 57.2 cm³/mol. The molecule has 1 heterocycles. The summed E-state index contributed by atoms with van der Waals surface area (Å²) in [7, 11) is -3.26. The number of rotatable bonds is 4. The molecule has 0 bridgehead atoms. The van der Waals surface area contributed by atoms with Gasteiger partial charge in [-0.1, -0.05) is 18.6 Å². The Bertz CT molecular complexity index is 292. The van der Waals surface area contributed by atoms with Crippen LogP contribution in [0.5, 0.6) is 0 Å². The Hall–Kier alpha value is -0.390. The quantitative estimate of drug-likeness (QED) is 0.712. The highest BCUT2D eigenvalue weighted by Gasteiger charge is 2.22. The molecule has 0 aromatic rings. The van der Waals surface area contributed by atoms with Crippen LogP contribution in [0.15, 0.2) is 12.2 Å². The molecule has 0 saturated carbocycles. The molecule has 0 radical (unpaired) electrons. The van der Waals surface area contributed by atoms with Crippen LogP contribution in [0.3, 0.4) is 0 Å². The van der Waals surface area contributed by atoms with Gasteiger partial charge in [0.2, 0.25) is 0 Å². The molecule has 4 nitrogen and oxygen atoms in total. The van der Waals surface area contributed by atoms with Crippen molar-refractivity contribution in [2.75, 3.05) is 19.6 Å². The molecule has 1 fully saturated rings. The van der Waals surface area contributed by atoms with Gasteiger partial charge in [0, 0.05) is 19.6 Å². The third-order valence-electron chi connectivity index (χ3n) is 2.21. The Morgan fingerprint density at radius 3 is 2.43 bits per heavy atom. The van der Waals surface area contributed by atoms with Gasteiger partial charge in [0.25, 0.3) is 10.2 Å². The maximum Gasteiger partial charge on any atom is 0.279 e. The van der Waals surface area contributed by atoms with Gasteiger partial charge in [-0.05, 0) is 19.8 Å². The van der Waals surface area contributed by atoms with Gasteiger partial charge in [-0.3, -0.25) is 0 Å². The van der Waals surface area contributed by atoms with Crippen molar-refractivity contribution < 1.29 is 8.42 Å². The second-order valence-electron chi connectivity index (χ2n) is 3.74. The minimum Gasteiger partial charge on any atom is -0.198 e. The summed E-state index contributed by atoms with van der Waals surface area (Å²) in [5, 5.41) is 0. The molecule has 0 atom stereocenters. The normalized spacial score (nSPS) is 19.5. The molecule has 0 spiro atoms. The van der Waals surface area contributed by atoms with Crippen LogP contribution < -0.4 is 4.72 Å². The molecule has 14 heavy (non-hydrogen) atoms. The maximum atomic E-state index is 11.7. The van der Waals surface area contributed by atoms with E-state index in [4.69, 9.17) is 0 Å². The molecule has 1 saturated heterocycles. The van der Waals surface area contributed by atoms with Gasteiger partial charge in [0.15, 0.2) is 0 Å². The SMILES string of the molecule is C=C(C)CNS(=O)(=O)N1CCCCC1. The molecule has 1 rings (SSSR count). The van der Waals surface area contributed by atoms with Crippen LogP contribution in [-0.4, -0.2) is 32.4 Å². The minimum atomic E-state index is -3.26. The Morgan fingerprint density at radius 1 is 1.36 bits per heavy atom. The van der Waals surface area contributed by atoms with E-state index < -0.39 is 10.2 Å². The van der Waals surface area contributed by atoms with Crippen molar-refractivity contribution >= 4 is 10.2 Å². The first kappa shape index (κ1) is 11.7. The Labute approximate surface area is 86.2 Å². The second kappa shape index (κ2) is 4.91. The molecule has 0 aromatic heterocycles. The number of nitrogens with one attached hydrogen (secondary N) is 1. The summed E-state index contributed by atoms with van der Waals surface area (Å²) in [6, 6.07) is 0. The van der Waals surface area contributed by atoms with Crippen molar-refractivity contribution in [2.24, 2.45) is 0 Å². The topological polar surface area (TPSA) is 49.4 Å². The van der Waals surface area contributed by atoms with E-state index in [1.807, 2.05) is 0 Å². The summed E-state index contributed by atoms with van der Waals surface area (Å²) < 4.78 is 27.4. The first-order chi connectivity index (χ1) is 6.52. The van der Waals surface area contributed by atoms with Crippen LogP contribution >= 0.6 is 0 Å². The molecule has 1 N–H and O–H groups in total. The van der Waals surface area contributed by atoms with E-state index in [9.17, 15) is 8.42 Å². The largest absolute Gasteiger partial charge is 0.279 e. The predicted octanol–water partition coefficient (Wildman–Crippen LogP) is 0.883. The fraction of sp³-hybridized carbons (Fsp3) is 0.778. The van der Waals surface area contributed by atoms with Crippen molar-refractivity contribution in [2.45, 2.75) is 26.2 Å². The van der Waals surface area contributed by atoms with Crippen LogP contribution in [-0.2, 0) is 10.2 Å². The summed E-state index contributed by atoms with van der Waals surface area (Å²) in [6.45, 7) is 7.08. The summed E-state index contributed by atoms with van der Waals surface area (Å²) in [5.41, 5.74) is 0.825. The fourth-order valence-corrected chi connectivity index (χ4v) is 2.76. The number of piperidine rings is 1. The Morgan fingerprint density at radius 2 is 1.93 bits per heavy atom. The summed E-state index contributed by atoms with van der Waals surface area (Å²) in [6.07, 6.45) is 3.06. The smallest absolute Gasteiger partial charge is 0.198 e.